The lowest BCUT2D eigenvalue weighted by Crippen LogP contribution is -2.38. The molecule has 1 amide bonds. The van der Waals surface area contributed by atoms with Gasteiger partial charge in [0.1, 0.15) is 10.8 Å². The maximum Gasteiger partial charge on any atom is 0.271 e. The number of nitrogens with zero attached hydrogens (tertiary/aromatic N) is 2. The van der Waals surface area contributed by atoms with Gasteiger partial charge in [-0.2, -0.15) is 0 Å². The number of carbonyl (C=O) groups is 1. The summed E-state index contributed by atoms with van der Waals surface area (Å²) in [7, 11) is 0. The van der Waals surface area contributed by atoms with E-state index < -0.39 is 0 Å². The average molecular weight is 366 g/mol. The first-order valence-corrected chi connectivity index (χ1v) is 8.71. The van der Waals surface area contributed by atoms with Crippen molar-refractivity contribution in [3.63, 3.8) is 0 Å². The lowest BCUT2D eigenvalue weighted by molar-refractivity contribution is 0.0930. The molecule has 0 aliphatic rings. The molecule has 1 heterocycles. The van der Waals surface area contributed by atoms with Crippen LogP contribution in [0.2, 0.25) is 10.2 Å². The standard InChI is InChI=1S/C18H21Cl2N3O/c1-3-23(4-2)15(13-8-6-5-7-9-13)12-21-18(24)17-14(19)10-11-16(20)22-17/h5-11,15H,3-4,12H2,1-2H3,(H,21,24). The number of benzene rings is 1. The van der Waals surface area contributed by atoms with Crippen molar-refractivity contribution in [3.8, 4) is 0 Å². The molecule has 0 spiro atoms. The number of hydrogen-bond acceptors (Lipinski definition) is 3. The monoisotopic (exact) mass is 365 g/mol. The van der Waals surface area contributed by atoms with Crippen molar-refractivity contribution in [1.29, 1.82) is 0 Å². The van der Waals surface area contributed by atoms with Gasteiger partial charge in [0.25, 0.3) is 5.91 Å². The van der Waals surface area contributed by atoms with E-state index in [0.29, 0.717) is 6.54 Å². The average Bonchev–Trinajstić information content (AvgIpc) is 2.61. The summed E-state index contributed by atoms with van der Waals surface area (Å²) < 4.78 is 0. The van der Waals surface area contributed by atoms with Crippen LogP contribution in [-0.2, 0) is 0 Å². The number of rotatable bonds is 7. The number of hydrogen-bond donors (Lipinski definition) is 1. The minimum atomic E-state index is -0.324. The van der Waals surface area contributed by atoms with Crippen LogP contribution in [0.5, 0.6) is 0 Å². The zero-order chi connectivity index (χ0) is 17.5. The first-order valence-electron chi connectivity index (χ1n) is 7.96. The molecule has 0 fully saturated rings. The molecule has 1 aromatic carbocycles. The van der Waals surface area contributed by atoms with Crippen LogP contribution in [0.3, 0.4) is 0 Å². The summed E-state index contributed by atoms with van der Waals surface area (Å²) in [4.78, 5) is 18.7. The molecule has 128 valence electrons. The molecular formula is C18H21Cl2N3O. The van der Waals surface area contributed by atoms with Crippen molar-refractivity contribution < 1.29 is 4.79 Å². The van der Waals surface area contributed by atoms with Crippen molar-refractivity contribution in [2.24, 2.45) is 0 Å². The van der Waals surface area contributed by atoms with Gasteiger partial charge in [-0.05, 0) is 30.8 Å². The third kappa shape index (κ3) is 4.69. The second kappa shape index (κ2) is 9.02. The van der Waals surface area contributed by atoms with E-state index in [4.69, 9.17) is 23.2 Å². The largest absolute Gasteiger partial charge is 0.349 e. The number of carbonyl (C=O) groups excluding carboxylic acids is 1. The first-order chi connectivity index (χ1) is 11.6. The molecule has 1 aromatic heterocycles. The van der Waals surface area contributed by atoms with Gasteiger partial charge in [0.2, 0.25) is 0 Å². The molecule has 0 bridgehead atoms. The molecule has 4 nitrogen and oxygen atoms in total. The smallest absolute Gasteiger partial charge is 0.271 e. The summed E-state index contributed by atoms with van der Waals surface area (Å²) in [6.45, 7) is 6.46. The Morgan fingerprint density at radius 2 is 1.79 bits per heavy atom. The predicted molar refractivity (Wildman–Crippen MR) is 98.7 cm³/mol. The molecular weight excluding hydrogens is 345 g/mol. The van der Waals surface area contributed by atoms with Gasteiger partial charge in [-0.3, -0.25) is 9.69 Å². The van der Waals surface area contributed by atoms with E-state index in [0.717, 1.165) is 18.7 Å². The van der Waals surface area contributed by atoms with E-state index in [1.165, 1.54) is 0 Å². The van der Waals surface area contributed by atoms with Crippen LogP contribution in [0.25, 0.3) is 0 Å². The van der Waals surface area contributed by atoms with Crippen molar-refractivity contribution in [2.75, 3.05) is 19.6 Å². The van der Waals surface area contributed by atoms with E-state index in [1.807, 2.05) is 18.2 Å². The summed E-state index contributed by atoms with van der Waals surface area (Å²) in [5.41, 5.74) is 1.31. The highest BCUT2D eigenvalue weighted by Crippen LogP contribution is 2.21. The van der Waals surface area contributed by atoms with Crippen LogP contribution in [0.15, 0.2) is 42.5 Å². The van der Waals surface area contributed by atoms with Crippen LogP contribution >= 0.6 is 23.2 Å². The van der Waals surface area contributed by atoms with Crippen molar-refractivity contribution in [1.82, 2.24) is 15.2 Å². The molecule has 1 atom stereocenters. The van der Waals surface area contributed by atoms with Gasteiger partial charge in [-0.15, -0.1) is 0 Å². The van der Waals surface area contributed by atoms with E-state index >= 15 is 0 Å². The van der Waals surface area contributed by atoms with Gasteiger partial charge in [0, 0.05) is 6.54 Å². The number of nitrogens with one attached hydrogen (secondary N) is 1. The highest BCUT2D eigenvalue weighted by atomic mass is 35.5. The molecule has 1 unspecified atom stereocenters. The molecule has 6 heteroatoms. The summed E-state index contributed by atoms with van der Waals surface area (Å²) in [6, 6.07) is 13.3. The third-order valence-corrected chi connectivity index (χ3v) is 4.44. The Kier molecular flexibility index (Phi) is 7.03. The second-order valence-corrected chi connectivity index (χ2v) is 6.12. The fraction of sp³-hybridized carbons (Fsp3) is 0.333. The van der Waals surface area contributed by atoms with Gasteiger partial charge < -0.3 is 5.32 Å². The fourth-order valence-electron chi connectivity index (χ4n) is 2.65. The van der Waals surface area contributed by atoms with Crippen LogP contribution in [0.1, 0.15) is 35.9 Å². The summed E-state index contributed by atoms with van der Waals surface area (Å²) in [5.74, 6) is -0.324. The molecule has 0 radical (unpaired) electrons. The number of amides is 1. The van der Waals surface area contributed by atoms with Gasteiger partial charge in [0.05, 0.1) is 11.1 Å². The van der Waals surface area contributed by atoms with Gasteiger partial charge in [0.15, 0.2) is 0 Å². The molecule has 2 rings (SSSR count). The lowest BCUT2D eigenvalue weighted by Gasteiger charge is -2.30. The SMILES string of the molecule is CCN(CC)C(CNC(=O)c1nc(Cl)ccc1Cl)c1ccccc1. The van der Waals surface area contributed by atoms with E-state index in [1.54, 1.807) is 12.1 Å². The Morgan fingerprint density at radius 3 is 2.42 bits per heavy atom. The van der Waals surface area contributed by atoms with Crippen LogP contribution in [0.4, 0.5) is 0 Å². The van der Waals surface area contributed by atoms with Gasteiger partial charge >= 0.3 is 0 Å². The molecule has 0 saturated carbocycles. The Balaban J connectivity index is 2.15. The highest BCUT2D eigenvalue weighted by Gasteiger charge is 2.20. The Hall–Kier alpha value is -1.62. The maximum absolute atomic E-state index is 12.4. The maximum atomic E-state index is 12.4. The van der Waals surface area contributed by atoms with Gasteiger partial charge in [-0.25, -0.2) is 4.98 Å². The lowest BCUT2D eigenvalue weighted by atomic mass is 10.0. The van der Waals surface area contributed by atoms with Crippen LogP contribution in [0, 0.1) is 0 Å². The Labute approximate surface area is 152 Å². The second-order valence-electron chi connectivity index (χ2n) is 5.32. The summed E-state index contributed by atoms with van der Waals surface area (Å²) in [6.07, 6.45) is 0. The van der Waals surface area contributed by atoms with Crippen LogP contribution < -0.4 is 5.32 Å². The number of pyridine rings is 1. The topological polar surface area (TPSA) is 45.2 Å². The summed E-state index contributed by atoms with van der Waals surface area (Å²) >= 11 is 11.9. The summed E-state index contributed by atoms with van der Waals surface area (Å²) in [5, 5.41) is 3.46. The van der Waals surface area contributed by atoms with Crippen LogP contribution in [-0.4, -0.2) is 35.4 Å². The normalized spacial score (nSPS) is 12.2. The molecule has 2 aromatic rings. The van der Waals surface area contributed by atoms with E-state index in [9.17, 15) is 4.79 Å². The molecule has 24 heavy (non-hydrogen) atoms. The molecule has 0 aliphatic heterocycles. The molecule has 0 saturated heterocycles. The number of aromatic nitrogens is 1. The predicted octanol–water partition coefficient (Wildman–Crippen LogP) is 4.20. The quantitative estimate of drug-likeness (QED) is 0.747. The Bertz CT molecular complexity index is 675. The first kappa shape index (κ1) is 18.7. The molecule has 1 N–H and O–H groups in total. The van der Waals surface area contributed by atoms with E-state index in [-0.39, 0.29) is 27.8 Å². The van der Waals surface area contributed by atoms with Crippen molar-refractivity contribution in [3.05, 3.63) is 63.9 Å². The number of likely N-dealkylation sites (N-methyl/N-ethyl adjacent to an activating group) is 1. The van der Waals surface area contributed by atoms with Crippen molar-refractivity contribution >= 4 is 29.1 Å². The number of halogens is 2. The minimum Gasteiger partial charge on any atom is -0.349 e. The highest BCUT2D eigenvalue weighted by molar-refractivity contribution is 6.34. The van der Waals surface area contributed by atoms with E-state index in [2.05, 4.69) is 41.2 Å². The molecule has 0 aliphatic carbocycles. The van der Waals surface area contributed by atoms with Gasteiger partial charge in [-0.1, -0.05) is 67.4 Å². The zero-order valence-corrected chi connectivity index (χ0v) is 15.3. The third-order valence-electron chi connectivity index (χ3n) is 3.92. The Morgan fingerprint density at radius 1 is 1.12 bits per heavy atom. The zero-order valence-electron chi connectivity index (χ0n) is 13.8. The minimum absolute atomic E-state index is 0.0862. The fourth-order valence-corrected chi connectivity index (χ4v) is 2.99. The van der Waals surface area contributed by atoms with Crippen molar-refractivity contribution in [2.45, 2.75) is 19.9 Å².